The molecular formula is C10H18N2O3. The Morgan fingerprint density at radius 3 is 2.53 bits per heavy atom. The molecule has 0 saturated heterocycles. The van der Waals surface area contributed by atoms with Crippen LogP contribution in [0.1, 0.15) is 32.1 Å². The average molecular weight is 214 g/mol. The number of hydrogen-bond acceptors (Lipinski definition) is 3. The first kappa shape index (κ1) is 12.0. The second kappa shape index (κ2) is 5.70. The van der Waals surface area contributed by atoms with Crippen molar-refractivity contribution in [3.05, 3.63) is 0 Å². The van der Waals surface area contributed by atoms with Crippen LogP contribution in [0.15, 0.2) is 0 Å². The van der Waals surface area contributed by atoms with Crippen LogP contribution in [-0.2, 0) is 9.59 Å². The quantitative estimate of drug-likeness (QED) is 0.566. The number of nitrogens with one attached hydrogen (secondary N) is 1. The van der Waals surface area contributed by atoms with Crippen molar-refractivity contribution in [3.63, 3.8) is 0 Å². The molecule has 0 aromatic carbocycles. The summed E-state index contributed by atoms with van der Waals surface area (Å²) in [4.78, 5) is 21.5. The third-order valence-electron chi connectivity index (χ3n) is 2.88. The lowest BCUT2D eigenvalue weighted by molar-refractivity contribution is -0.142. The average Bonchev–Trinajstić information content (AvgIpc) is 2.69. The second-order valence-corrected chi connectivity index (χ2v) is 4.05. The van der Waals surface area contributed by atoms with Gasteiger partial charge in [-0.15, -0.1) is 0 Å². The molecular weight excluding hydrogens is 196 g/mol. The number of aliphatic carboxylic acids is 1. The molecule has 1 fully saturated rings. The van der Waals surface area contributed by atoms with Gasteiger partial charge in [-0.3, -0.25) is 4.79 Å². The molecule has 0 aromatic rings. The molecule has 1 saturated carbocycles. The maximum Gasteiger partial charge on any atom is 0.330 e. The highest BCUT2D eigenvalue weighted by molar-refractivity contribution is 6.00. The van der Waals surface area contributed by atoms with Gasteiger partial charge < -0.3 is 16.2 Å². The van der Waals surface area contributed by atoms with Gasteiger partial charge in [0.2, 0.25) is 5.91 Å². The molecule has 1 aliphatic carbocycles. The van der Waals surface area contributed by atoms with E-state index in [2.05, 4.69) is 5.32 Å². The number of carboxylic acids is 1. The van der Waals surface area contributed by atoms with E-state index >= 15 is 0 Å². The molecule has 0 radical (unpaired) electrons. The van der Waals surface area contributed by atoms with Gasteiger partial charge in [-0.1, -0.05) is 25.7 Å². The van der Waals surface area contributed by atoms with Gasteiger partial charge in [0.05, 0.1) is 0 Å². The van der Waals surface area contributed by atoms with Crippen molar-refractivity contribution in [2.75, 3.05) is 6.54 Å². The Morgan fingerprint density at radius 1 is 1.40 bits per heavy atom. The van der Waals surface area contributed by atoms with Gasteiger partial charge in [0.25, 0.3) is 0 Å². The zero-order valence-corrected chi connectivity index (χ0v) is 8.74. The van der Waals surface area contributed by atoms with Crippen LogP contribution in [0.3, 0.4) is 0 Å². The third-order valence-corrected chi connectivity index (χ3v) is 2.88. The summed E-state index contributed by atoms with van der Waals surface area (Å²) >= 11 is 0. The van der Waals surface area contributed by atoms with E-state index in [9.17, 15) is 9.59 Å². The predicted octanol–water partition coefficient (Wildman–Crippen LogP) is 0.0948. The van der Waals surface area contributed by atoms with Crippen LogP contribution in [0.4, 0.5) is 0 Å². The molecule has 5 nitrogen and oxygen atoms in total. The number of carbonyl (C=O) groups is 2. The highest BCUT2D eigenvalue weighted by Crippen LogP contribution is 2.26. The molecule has 1 aliphatic rings. The Morgan fingerprint density at radius 2 is 2.00 bits per heavy atom. The third kappa shape index (κ3) is 3.87. The van der Waals surface area contributed by atoms with Gasteiger partial charge >= 0.3 is 5.97 Å². The highest BCUT2D eigenvalue weighted by atomic mass is 16.4. The SMILES string of the molecule is NC(C(=O)O)C(=O)NCCC1CCCC1. The van der Waals surface area contributed by atoms with E-state index in [0.29, 0.717) is 12.5 Å². The Bertz CT molecular complexity index is 237. The smallest absolute Gasteiger partial charge is 0.330 e. The van der Waals surface area contributed by atoms with Gasteiger partial charge in [0.1, 0.15) is 0 Å². The Kier molecular flexibility index (Phi) is 4.55. The maximum atomic E-state index is 11.1. The molecule has 1 unspecified atom stereocenters. The van der Waals surface area contributed by atoms with E-state index in [1.807, 2.05) is 0 Å². The van der Waals surface area contributed by atoms with Gasteiger partial charge in [-0.25, -0.2) is 4.79 Å². The van der Waals surface area contributed by atoms with Crippen LogP contribution < -0.4 is 11.1 Å². The molecule has 1 atom stereocenters. The van der Waals surface area contributed by atoms with E-state index in [1.54, 1.807) is 0 Å². The number of amides is 1. The number of hydrogen-bond donors (Lipinski definition) is 3. The number of rotatable bonds is 5. The van der Waals surface area contributed by atoms with Crippen molar-refractivity contribution in [2.24, 2.45) is 11.7 Å². The van der Waals surface area contributed by atoms with Crippen molar-refractivity contribution < 1.29 is 14.7 Å². The van der Waals surface area contributed by atoms with Crippen molar-refractivity contribution in [1.82, 2.24) is 5.32 Å². The van der Waals surface area contributed by atoms with Crippen LogP contribution in [0.2, 0.25) is 0 Å². The minimum absolute atomic E-state index is 0.532. The number of nitrogens with two attached hydrogens (primary N) is 1. The normalized spacial score (nSPS) is 18.7. The molecule has 4 N–H and O–H groups in total. The fraction of sp³-hybridized carbons (Fsp3) is 0.800. The molecule has 0 aliphatic heterocycles. The maximum absolute atomic E-state index is 11.1. The summed E-state index contributed by atoms with van der Waals surface area (Å²) in [7, 11) is 0. The molecule has 1 rings (SSSR count). The van der Waals surface area contributed by atoms with Gasteiger partial charge in [0.15, 0.2) is 6.04 Å². The Labute approximate surface area is 89.0 Å². The summed E-state index contributed by atoms with van der Waals surface area (Å²) in [5, 5.41) is 11.0. The molecule has 0 heterocycles. The topological polar surface area (TPSA) is 92.4 Å². The van der Waals surface area contributed by atoms with E-state index < -0.39 is 17.9 Å². The van der Waals surface area contributed by atoms with E-state index in [1.165, 1.54) is 25.7 Å². The van der Waals surface area contributed by atoms with Crippen molar-refractivity contribution in [1.29, 1.82) is 0 Å². The second-order valence-electron chi connectivity index (χ2n) is 4.05. The predicted molar refractivity (Wildman–Crippen MR) is 55.2 cm³/mol. The first-order chi connectivity index (χ1) is 7.11. The number of carbonyl (C=O) groups excluding carboxylic acids is 1. The molecule has 0 aromatic heterocycles. The summed E-state index contributed by atoms with van der Waals surface area (Å²) in [6.45, 7) is 0.532. The Balaban J connectivity index is 2.13. The van der Waals surface area contributed by atoms with Crippen molar-refractivity contribution >= 4 is 11.9 Å². The fourth-order valence-electron chi connectivity index (χ4n) is 1.92. The van der Waals surface area contributed by atoms with Crippen molar-refractivity contribution in [3.8, 4) is 0 Å². The molecule has 5 heteroatoms. The zero-order chi connectivity index (χ0) is 11.3. The molecule has 86 valence electrons. The first-order valence-corrected chi connectivity index (χ1v) is 5.37. The van der Waals surface area contributed by atoms with Crippen LogP contribution >= 0.6 is 0 Å². The lowest BCUT2D eigenvalue weighted by atomic mass is 10.0. The molecule has 15 heavy (non-hydrogen) atoms. The zero-order valence-electron chi connectivity index (χ0n) is 8.74. The fourth-order valence-corrected chi connectivity index (χ4v) is 1.92. The highest BCUT2D eigenvalue weighted by Gasteiger charge is 2.21. The van der Waals surface area contributed by atoms with E-state index in [0.717, 1.165) is 6.42 Å². The van der Waals surface area contributed by atoms with Gasteiger partial charge in [0, 0.05) is 6.54 Å². The van der Waals surface area contributed by atoms with Crippen LogP contribution in [-0.4, -0.2) is 29.6 Å². The number of carboxylic acid groups (broad SMARTS) is 1. The summed E-state index contributed by atoms with van der Waals surface area (Å²) in [5.74, 6) is -1.19. The molecule has 0 spiro atoms. The van der Waals surface area contributed by atoms with E-state index in [4.69, 9.17) is 10.8 Å². The summed E-state index contributed by atoms with van der Waals surface area (Å²) in [6.07, 6.45) is 5.92. The van der Waals surface area contributed by atoms with Gasteiger partial charge in [-0.05, 0) is 12.3 Å². The van der Waals surface area contributed by atoms with Crippen LogP contribution in [0.5, 0.6) is 0 Å². The lowest BCUT2D eigenvalue weighted by Gasteiger charge is -2.11. The first-order valence-electron chi connectivity index (χ1n) is 5.37. The van der Waals surface area contributed by atoms with Crippen LogP contribution in [0, 0.1) is 5.92 Å². The minimum Gasteiger partial charge on any atom is -0.480 e. The monoisotopic (exact) mass is 214 g/mol. The standard InChI is InChI=1S/C10H18N2O3/c11-8(10(14)15)9(13)12-6-5-7-3-1-2-4-7/h7-8H,1-6,11H2,(H,12,13)(H,14,15). The lowest BCUT2D eigenvalue weighted by Crippen LogP contribution is -2.46. The summed E-state index contributed by atoms with van der Waals surface area (Å²) < 4.78 is 0. The van der Waals surface area contributed by atoms with Crippen molar-refractivity contribution in [2.45, 2.75) is 38.1 Å². The van der Waals surface area contributed by atoms with Gasteiger partial charge in [-0.2, -0.15) is 0 Å². The molecule has 0 bridgehead atoms. The summed E-state index contributed by atoms with van der Waals surface area (Å²) in [6, 6.07) is -1.44. The Hall–Kier alpha value is -1.10. The largest absolute Gasteiger partial charge is 0.480 e. The minimum atomic E-state index is -1.44. The summed E-state index contributed by atoms with van der Waals surface area (Å²) in [5.41, 5.74) is 5.14. The molecule has 1 amide bonds. The van der Waals surface area contributed by atoms with Crippen LogP contribution in [0.25, 0.3) is 0 Å². The van der Waals surface area contributed by atoms with E-state index in [-0.39, 0.29) is 0 Å².